The molecule has 122 valence electrons. The molecule has 2 rings (SSSR count). The summed E-state index contributed by atoms with van der Waals surface area (Å²) in [6, 6.07) is 10.6. The summed E-state index contributed by atoms with van der Waals surface area (Å²) in [4.78, 5) is 0. The maximum Gasteiger partial charge on any atom is 0.137 e. The number of rotatable bonds is 6. The third kappa shape index (κ3) is 3.94. The number of aromatic nitrogens is 2. The van der Waals surface area contributed by atoms with Crippen molar-refractivity contribution >= 4 is 21.7 Å². The molecule has 0 radical (unpaired) electrons. The van der Waals surface area contributed by atoms with Crippen molar-refractivity contribution in [3.8, 4) is 6.07 Å². The second kappa shape index (κ2) is 7.65. The highest BCUT2D eigenvalue weighted by atomic mass is 79.9. The van der Waals surface area contributed by atoms with Gasteiger partial charge in [0.2, 0.25) is 0 Å². The molecule has 0 aliphatic heterocycles. The fourth-order valence-electron chi connectivity index (χ4n) is 2.96. The van der Waals surface area contributed by atoms with Crippen LogP contribution in [0, 0.1) is 17.2 Å². The predicted octanol–water partition coefficient (Wildman–Crippen LogP) is 4.95. The van der Waals surface area contributed by atoms with Gasteiger partial charge in [0.15, 0.2) is 0 Å². The highest BCUT2D eigenvalue weighted by Gasteiger charge is 2.27. The molecule has 0 spiro atoms. The lowest BCUT2D eigenvalue weighted by atomic mass is 9.79. The number of nitrogens with zero attached hydrogens (tertiary/aromatic N) is 2. The van der Waals surface area contributed by atoms with Crippen molar-refractivity contribution in [2.75, 3.05) is 5.73 Å². The minimum atomic E-state index is 0.210. The second-order valence-electron chi connectivity index (χ2n) is 6.19. The van der Waals surface area contributed by atoms with Gasteiger partial charge in [-0.2, -0.15) is 10.4 Å². The number of benzene rings is 1. The van der Waals surface area contributed by atoms with Crippen LogP contribution in [0.2, 0.25) is 0 Å². The number of aromatic amines is 1. The fraction of sp³-hybridized carbons (Fsp3) is 0.444. The summed E-state index contributed by atoms with van der Waals surface area (Å²) in [5.74, 6) is 1.39. The van der Waals surface area contributed by atoms with Crippen LogP contribution < -0.4 is 5.73 Å². The molecule has 0 fully saturated rings. The Hall–Kier alpha value is -1.80. The van der Waals surface area contributed by atoms with Gasteiger partial charge in [0.1, 0.15) is 17.5 Å². The van der Waals surface area contributed by atoms with Gasteiger partial charge >= 0.3 is 0 Å². The Morgan fingerprint density at radius 2 is 1.96 bits per heavy atom. The number of nitrogens with two attached hydrogens (primary N) is 1. The molecule has 3 atom stereocenters. The number of hydrogen-bond donors (Lipinski definition) is 2. The lowest BCUT2D eigenvalue weighted by Gasteiger charge is -2.25. The van der Waals surface area contributed by atoms with E-state index in [9.17, 15) is 5.26 Å². The summed E-state index contributed by atoms with van der Waals surface area (Å²) in [7, 11) is 0. The van der Waals surface area contributed by atoms with Crippen LogP contribution >= 0.6 is 15.9 Å². The first-order valence-corrected chi connectivity index (χ1v) is 8.76. The van der Waals surface area contributed by atoms with E-state index in [1.54, 1.807) is 0 Å². The molecular formula is C18H23BrN4. The molecular weight excluding hydrogens is 352 g/mol. The zero-order valence-electron chi connectivity index (χ0n) is 13.8. The van der Waals surface area contributed by atoms with Crippen molar-refractivity contribution in [1.29, 1.82) is 5.26 Å². The number of nitriles is 1. The third-order valence-corrected chi connectivity index (χ3v) is 5.19. The average Bonchev–Trinajstić information content (AvgIpc) is 2.92. The van der Waals surface area contributed by atoms with Gasteiger partial charge in [0.05, 0.1) is 5.69 Å². The second-order valence-corrected chi connectivity index (χ2v) is 7.11. The molecule has 1 heterocycles. The Morgan fingerprint density at radius 3 is 2.52 bits per heavy atom. The van der Waals surface area contributed by atoms with E-state index >= 15 is 0 Å². The molecule has 0 saturated carbocycles. The summed E-state index contributed by atoms with van der Waals surface area (Å²) in [5, 5.41) is 16.5. The van der Waals surface area contributed by atoms with Crippen LogP contribution in [-0.2, 0) is 0 Å². The highest BCUT2D eigenvalue weighted by Crippen LogP contribution is 2.37. The molecule has 1 aromatic carbocycles. The zero-order chi connectivity index (χ0) is 17.0. The molecule has 4 nitrogen and oxygen atoms in total. The molecule has 2 aromatic rings. The van der Waals surface area contributed by atoms with Crippen LogP contribution in [0.3, 0.4) is 0 Å². The minimum Gasteiger partial charge on any atom is -0.383 e. The average molecular weight is 375 g/mol. The van der Waals surface area contributed by atoms with Crippen molar-refractivity contribution in [3.63, 3.8) is 0 Å². The summed E-state index contributed by atoms with van der Waals surface area (Å²) in [5.41, 5.74) is 8.45. The Labute approximate surface area is 146 Å². The number of hydrogen-bond acceptors (Lipinski definition) is 3. The first kappa shape index (κ1) is 17.6. The van der Waals surface area contributed by atoms with Gasteiger partial charge in [-0.1, -0.05) is 55.3 Å². The standard InChI is InChI=1S/C18H23BrN4/c1-4-11(2)15(17-16(10-20)18(21)23-22-17)9-12(3)13-5-7-14(19)8-6-13/h5-8,11-12,15H,4,9H2,1-3H3,(H3,21,22,23). The zero-order valence-corrected chi connectivity index (χ0v) is 15.4. The molecule has 0 aliphatic rings. The van der Waals surface area contributed by atoms with Gasteiger partial charge in [0, 0.05) is 10.4 Å². The van der Waals surface area contributed by atoms with Gasteiger partial charge in [0.25, 0.3) is 0 Å². The Balaban J connectivity index is 2.29. The normalized spacial score (nSPS) is 14.9. The van der Waals surface area contributed by atoms with E-state index in [-0.39, 0.29) is 5.92 Å². The van der Waals surface area contributed by atoms with Gasteiger partial charge in [-0.25, -0.2) is 0 Å². The summed E-state index contributed by atoms with van der Waals surface area (Å²) >= 11 is 3.47. The number of anilines is 1. The SMILES string of the molecule is CCC(C)C(CC(C)c1ccc(Br)cc1)c1n[nH]c(N)c1C#N. The highest BCUT2D eigenvalue weighted by molar-refractivity contribution is 9.10. The van der Waals surface area contributed by atoms with Gasteiger partial charge < -0.3 is 5.73 Å². The van der Waals surface area contributed by atoms with Crippen LogP contribution in [0.5, 0.6) is 0 Å². The van der Waals surface area contributed by atoms with E-state index in [0.717, 1.165) is 23.0 Å². The van der Waals surface area contributed by atoms with Crippen molar-refractivity contribution < 1.29 is 0 Å². The van der Waals surface area contributed by atoms with E-state index in [1.807, 2.05) is 0 Å². The van der Waals surface area contributed by atoms with Gasteiger partial charge in [-0.3, -0.25) is 5.10 Å². The first-order chi connectivity index (χ1) is 11.0. The number of H-pyrrole nitrogens is 1. The summed E-state index contributed by atoms with van der Waals surface area (Å²) < 4.78 is 1.08. The largest absolute Gasteiger partial charge is 0.383 e. The van der Waals surface area contributed by atoms with Crippen LogP contribution in [0.1, 0.15) is 62.3 Å². The number of nitrogens with one attached hydrogen (secondary N) is 1. The quantitative estimate of drug-likeness (QED) is 0.750. The molecule has 5 heteroatoms. The lowest BCUT2D eigenvalue weighted by molar-refractivity contribution is 0.392. The van der Waals surface area contributed by atoms with Crippen LogP contribution in [0.15, 0.2) is 28.7 Å². The smallest absolute Gasteiger partial charge is 0.137 e. The number of nitrogen functional groups attached to an aromatic ring is 1. The Kier molecular flexibility index (Phi) is 5.84. The number of halogens is 1. The third-order valence-electron chi connectivity index (χ3n) is 4.66. The Morgan fingerprint density at radius 1 is 1.30 bits per heavy atom. The van der Waals surface area contributed by atoms with Crippen LogP contribution in [0.25, 0.3) is 0 Å². The molecule has 23 heavy (non-hydrogen) atoms. The van der Waals surface area contributed by atoms with E-state index in [4.69, 9.17) is 5.73 Å². The van der Waals surface area contributed by atoms with E-state index in [2.05, 4.69) is 77.2 Å². The van der Waals surface area contributed by atoms with Gasteiger partial charge in [-0.05, 0) is 36.0 Å². The molecule has 0 saturated heterocycles. The monoisotopic (exact) mass is 374 g/mol. The van der Waals surface area contributed by atoms with E-state index in [1.165, 1.54) is 5.56 Å². The summed E-state index contributed by atoms with van der Waals surface area (Å²) in [6.07, 6.45) is 1.98. The van der Waals surface area contributed by atoms with Gasteiger partial charge in [-0.15, -0.1) is 0 Å². The predicted molar refractivity (Wildman–Crippen MR) is 97.1 cm³/mol. The molecule has 1 aromatic heterocycles. The minimum absolute atomic E-state index is 0.210. The topological polar surface area (TPSA) is 78.5 Å². The van der Waals surface area contributed by atoms with Crippen molar-refractivity contribution in [2.24, 2.45) is 5.92 Å². The molecule has 0 aliphatic carbocycles. The van der Waals surface area contributed by atoms with Crippen LogP contribution in [0.4, 0.5) is 5.82 Å². The fourth-order valence-corrected chi connectivity index (χ4v) is 3.23. The molecule has 0 bridgehead atoms. The molecule has 0 amide bonds. The maximum absolute atomic E-state index is 9.38. The van der Waals surface area contributed by atoms with Crippen molar-refractivity contribution in [1.82, 2.24) is 10.2 Å². The first-order valence-electron chi connectivity index (χ1n) is 7.97. The lowest BCUT2D eigenvalue weighted by Crippen LogP contribution is -2.14. The molecule has 3 unspecified atom stereocenters. The van der Waals surface area contributed by atoms with E-state index < -0.39 is 0 Å². The van der Waals surface area contributed by atoms with Crippen LogP contribution in [-0.4, -0.2) is 10.2 Å². The van der Waals surface area contributed by atoms with E-state index in [0.29, 0.717) is 23.2 Å². The summed E-state index contributed by atoms with van der Waals surface area (Å²) in [6.45, 7) is 6.61. The van der Waals surface area contributed by atoms with Crippen molar-refractivity contribution in [2.45, 2.75) is 45.4 Å². The maximum atomic E-state index is 9.38. The van der Waals surface area contributed by atoms with Crippen molar-refractivity contribution in [3.05, 3.63) is 45.6 Å². The Bertz CT molecular complexity index is 684. The molecule has 3 N–H and O–H groups in total.